The number of carbonyl (C=O) groups excluding carboxylic acids is 1. The molecule has 2 N–H and O–H groups in total. The Hall–Kier alpha value is -1.63. The molecule has 0 spiro atoms. The standard InChI is InChI=1S/C16H20O6/c1-16(21-3)6-10-11(7-22-16)15(19)13-9(14(10)18)4-8(20-2)5-12(13)17/h4-5,10-11,15,17,19H,6-7H2,1-3H3/t10-,11-,15+,16-/m0/s1. The largest absolute Gasteiger partial charge is 0.507 e. The molecule has 0 amide bonds. The molecule has 1 saturated heterocycles. The van der Waals surface area contributed by atoms with E-state index in [9.17, 15) is 15.0 Å². The van der Waals surface area contributed by atoms with Crippen LogP contribution in [-0.2, 0) is 9.47 Å². The third-order valence-corrected chi connectivity index (χ3v) is 4.79. The monoisotopic (exact) mass is 308 g/mol. The fourth-order valence-corrected chi connectivity index (χ4v) is 3.40. The Morgan fingerprint density at radius 1 is 1.36 bits per heavy atom. The Balaban J connectivity index is 2.07. The minimum Gasteiger partial charge on any atom is -0.507 e. The zero-order chi connectivity index (χ0) is 16.1. The van der Waals surface area contributed by atoms with Crippen molar-refractivity contribution in [3.05, 3.63) is 23.3 Å². The summed E-state index contributed by atoms with van der Waals surface area (Å²) in [4.78, 5) is 12.8. The number of aromatic hydroxyl groups is 1. The number of benzene rings is 1. The zero-order valence-electron chi connectivity index (χ0n) is 12.8. The van der Waals surface area contributed by atoms with Crippen LogP contribution in [-0.4, -0.2) is 42.6 Å². The van der Waals surface area contributed by atoms with E-state index in [1.54, 1.807) is 13.0 Å². The second kappa shape index (κ2) is 5.22. The number of aliphatic hydroxyl groups is 1. The molecule has 6 heteroatoms. The van der Waals surface area contributed by atoms with Gasteiger partial charge in [-0.1, -0.05) is 0 Å². The maximum absolute atomic E-state index is 12.8. The molecular weight excluding hydrogens is 288 g/mol. The first-order valence-electron chi connectivity index (χ1n) is 7.22. The molecule has 120 valence electrons. The van der Waals surface area contributed by atoms with Gasteiger partial charge in [0.1, 0.15) is 11.5 Å². The SMILES string of the molecule is COc1cc(O)c2c(c1)C(=O)[C@H]1C[C@@](C)(OC)OC[C@@H]1[C@H]2O. The molecule has 1 aliphatic heterocycles. The third kappa shape index (κ3) is 2.18. The van der Waals surface area contributed by atoms with Gasteiger partial charge in [-0.3, -0.25) is 4.79 Å². The molecule has 1 heterocycles. The van der Waals surface area contributed by atoms with E-state index in [4.69, 9.17) is 14.2 Å². The summed E-state index contributed by atoms with van der Waals surface area (Å²) in [6.45, 7) is 1.98. The summed E-state index contributed by atoms with van der Waals surface area (Å²) in [7, 11) is 3.00. The molecule has 0 aromatic heterocycles. The van der Waals surface area contributed by atoms with E-state index < -0.39 is 17.8 Å². The fourth-order valence-electron chi connectivity index (χ4n) is 3.40. The van der Waals surface area contributed by atoms with Crippen LogP contribution in [0.2, 0.25) is 0 Å². The molecule has 2 aliphatic rings. The maximum atomic E-state index is 12.8. The molecule has 6 nitrogen and oxygen atoms in total. The van der Waals surface area contributed by atoms with Gasteiger partial charge in [-0.05, 0) is 13.0 Å². The lowest BCUT2D eigenvalue weighted by Gasteiger charge is -2.45. The predicted octanol–water partition coefficient (Wildman–Crippen LogP) is 1.65. The number of aliphatic hydroxyl groups excluding tert-OH is 1. The van der Waals surface area contributed by atoms with Gasteiger partial charge in [-0.15, -0.1) is 0 Å². The summed E-state index contributed by atoms with van der Waals surface area (Å²) in [5.41, 5.74) is 0.572. The van der Waals surface area contributed by atoms with Crippen molar-refractivity contribution in [3.8, 4) is 11.5 Å². The highest BCUT2D eigenvalue weighted by Crippen LogP contribution is 2.48. The molecule has 1 aromatic carbocycles. The first kappa shape index (κ1) is 15.3. The molecule has 0 saturated carbocycles. The van der Waals surface area contributed by atoms with Gasteiger partial charge < -0.3 is 24.4 Å². The van der Waals surface area contributed by atoms with Gasteiger partial charge in [0, 0.05) is 42.6 Å². The minimum absolute atomic E-state index is 0.119. The average molecular weight is 308 g/mol. The number of phenols is 1. The highest BCUT2D eigenvalue weighted by Gasteiger charge is 2.50. The van der Waals surface area contributed by atoms with Crippen molar-refractivity contribution in [2.24, 2.45) is 11.8 Å². The minimum atomic E-state index is -0.954. The van der Waals surface area contributed by atoms with E-state index in [0.29, 0.717) is 17.7 Å². The molecule has 3 rings (SSSR count). The van der Waals surface area contributed by atoms with Crippen LogP contribution in [0.4, 0.5) is 0 Å². The van der Waals surface area contributed by atoms with Crippen LogP contribution in [0.1, 0.15) is 35.4 Å². The summed E-state index contributed by atoms with van der Waals surface area (Å²) in [6, 6.07) is 2.97. The van der Waals surface area contributed by atoms with E-state index in [0.717, 1.165) is 0 Å². The van der Waals surface area contributed by atoms with Gasteiger partial charge in [-0.25, -0.2) is 0 Å². The average Bonchev–Trinajstić information content (AvgIpc) is 2.51. The number of hydrogen-bond donors (Lipinski definition) is 2. The molecule has 0 radical (unpaired) electrons. The van der Waals surface area contributed by atoms with Crippen LogP contribution in [0.5, 0.6) is 11.5 Å². The second-order valence-electron chi connectivity index (χ2n) is 6.04. The van der Waals surface area contributed by atoms with Crippen LogP contribution in [0.3, 0.4) is 0 Å². The topological polar surface area (TPSA) is 85.2 Å². The van der Waals surface area contributed by atoms with E-state index in [1.807, 2.05) is 0 Å². The lowest BCUT2D eigenvalue weighted by molar-refractivity contribution is -0.257. The van der Waals surface area contributed by atoms with Crippen molar-refractivity contribution in [3.63, 3.8) is 0 Å². The summed E-state index contributed by atoms with van der Waals surface area (Å²) >= 11 is 0. The van der Waals surface area contributed by atoms with Gasteiger partial charge in [0.05, 0.1) is 19.8 Å². The van der Waals surface area contributed by atoms with Gasteiger partial charge in [0.15, 0.2) is 11.6 Å². The van der Waals surface area contributed by atoms with E-state index in [-0.39, 0.29) is 29.6 Å². The van der Waals surface area contributed by atoms with Gasteiger partial charge in [0.25, 0.3) is 0 Å². The molecule has 4 atom stereocenters. The Bertz CT molecular complexity index is 613. The maximum Gasteiger partial charge on any atom is 0.167 e. The summed E-state index contributed by atoms with van der Waals surface area (Å²) < 4.78 is 16.1. The van der Waals surface area contributed by atoms with Crippen LogP contribution in [0, 0.1) is 11.8 Å². The molecule has 0 bridgehead atoms. The van der Waals surface area contributed by atoms with E-state index >= 15 is 0 Å². The first-order chi connectivity index (χ1) is 10.4. The third-order valence-electron chi connectivity index (χ3n) is 4.79. The van der Waals surface area contributed by atoms with Crippen LogP contribution < -0.4 is 4.74 Å². The van der Waals surface area contributed by atoms with Gasteiger partial charge >= 0.3 is 0 Å². The lowest BCUT2D eigenvalue weighted by Crippen LogP contribution is -2.49. The van der Waals surface area contributed by atoms with Crippen molar-refractivity contribution >= 4 is 5.78 Å². The van der Waals surface area contributed by atoms with Crippen molar-refractivity contribution < 1.29 is 29.2 Å². The molecule has 1 aromatic rings. The number of carbonyl (C=O) groups is 1. The van der Waals surface area contributed by atoms with Gasteiger partial charge in [0.2, 0.25) is 0 Å². The number of fused-ring (bicyclic) bond motifs is 2. The Kier molecular flexibility index (Phi) is 3.63. The van der Waals surface area contributed by atoms with Crippen molar-refractivity contribution in [2.45, 2.75) is 25.2 Å². The normalized spacial score (nSPS) is 34.0. The zero-order valence-corrected chi connectivity index (χ0v) is 12.8. The molecule has 0 unspecified atom stereocenters. The number of hydrogen-bond acceptors (Lipinski definition) is 6. The Morgan fingerprint density at radius 3 is 2.73 bits per heavy atom. The second-order valence-corrected chi connectivity index (χ2v) is 6.04. The van der Waals surface area contributed by atoms with Crippen molar-refractivity contribution in [1.29, 1.82) is 0 Å². The van der Waals surface area contributed by atoms with E-state index in [2.05, 4.69) is 0 Å². The van der Waals surface area contributed by atoms with Crippen molar-refractivity contribution in [1.82, 2.24) is 0 Å². The van der Waals surface area contributed by atoms with Crippen LogP contribution in [0.15, 0.2) is 12.1 Å². The molecule has 22 heavy (non-hydrogen) atoms. The fraction of sp³-hybridized carbons (Fsp3) is 0.562. The number of ether oxygens (including phenoxy) is 3. The molecule has 1 fully saturated rings. The molecule has 1 aliphatic carbocycles. The number of rotatable bonds is 2. The summed E-state index contributed by atoms with van der Waals surface area (Å²) in [5, 5.41) is 20.7. The highest BCUT2D eigenvalue weighted by molar-refractivity contribution is 6.02. The Labute approximate surface area is 128 Å². The van der Waals surface area contributed by atoms with Crippen molar-refractivity contribution in [2.75, 3.05) is 20.8 Å². The smallest absolute Gasteiger partial charge is 0.167 e. The van der Waals surface area contributed by atoms with Gasteiger partial charge in [-0.2, -0.15) is 0 Å². The number of phenolic OH excluding ortho intramolecular Hbond substituents is 1. The summed E-state index contributed by atoms with van der Waals surface area (Å²) in [5.74, 6) is -1.50. The van der Waals surface area contributed by atoms with Crippen LogP contribution >= 0.6 is 0 Å². The highest BCUT2D eigenvalue weighted by atomic mass is 16.7. The summed E-state index contributed by atoms with van der Waals surface area (Å²) in [6.07, 6.45) is -0.591. The number of Topliss-reactive ketones (excluding diaryl/α,β-unsaturated/α-hetero) is 1. The number of methoxy groups -OCH3 is 2. The van der Waals surface area contributed by atoms with Crippen LogP contribution in [0.25, 0.3) is 0 Å². The quantitative estimate of drug-likeness (QED) is 0.864. The van der Waals surface area contributed by atoms with E-state index in [1.165, 1.54) is 20.3 Å². The first-order valence-corrected chi connectivity index (χ1v) is 7.22. The lowest BCUT2D eigenvalue weighted by atomic mass is 9.69. The number of ketones is 1. The predicted molar refractivity (Wildman–Crippen MR) is 76.9 cm³/mol. The Morgan fingerprint density at radius 2 is 2.09 bits per heavy atom. The molecular formula is C16H20O6.